The minimum Gasteiger partial charge on any atom is -0.368 e. The van der Waals surface area contributed by atoms with E-state index < -0.39 is 0 Å². The normalized spacial score (nSPS) is 16.6. The Labute approximate surface area is 221 Å². The first kappa shape index (κ1) is 25.0. The molecule has 37 heavy (non-hydrogen) atoms. The van der Waals surface area contributed by atoms with Crippen molar-refractivity contribution in [2.75, 3.05) is 62.2 Å². The zero-order valence-corrected chi connectivity index (χ0v) is 21.4. The molecule has 0 spiro atoms. The van der Waals surface area contributed by atoms with Gasteiger partial charge in [-0.15, -0.1) is 0 Å². The van der Waals surface area contributed by atoms with Gasteiger partial charge in [0.15, 0.2) is 0 Å². The van der Waals surface area contributed by atoms with Gasteiger partial charge in [0.25, 0.3) is 11.6 Å². The van der Waals surface area contributed by atoms with Gasteiger partial charge >= 0.3 is 0 Å². The van der Waals surface area contributed by atoms with Crippen molar-refractivity contribution in [1.82, 2.24) is 9.80 Å². The SMILES string of the molecule is O=C(c1ccc(Cl)cc1)N1CCN(c2ccc([N+](=O)[O-])c(N3CCN(Cc4ccccc4)CC3)c2)CC1. The summed E-state index contributed by atoms with van der Waals surface area (Å²) < 4.78 is 0. The third kappa shape index (κ3) is 5.87. The average Bonchev–Trinajstić information content (AvgIpc) is 2.94. The number of hydrogen-bond donors (Lipinski definition) is 0. The van der Waals surface area contributed by atoms with Crippen LogP contribution in [0.5, 0.6) is 0 Å². The molecule has 2 heterocycles. The molecule has 1 amide bonds. The molecule has 8 nitrogen and oxygen atoms in total. The molecular formula is C28H30ClN5O3. The number of hydrogen-bond acceptors (Lipinski definition) is 6. The highest BCUT2D eigenvalue weighted by molar-refractivity contribution is 6.30. The lowest BCUT2D eigenvalue weighted by Crippen LogP contribution is -2.49. The van der Waals surface area contributed by atoms with Crippen molar-refractivity contribution < 1.29 is 9.72 Å². The van der Waals surface area contributed by atoms with Gasteiger partial charge < -0.3 is 14.7 Å². The van der Waals surface area contributed by atoms with E-state index in [2.05, 4.69) is 26.8 Å². The number of anilines is 2. The fourth-order valence-electron chi connectivity index (χ4n) is 5.05. The summed E-state index contributed by atoms with van der Waals surface area (Å²) in [4.78, 5) is 33.0. The van der Waals surface area contributed by atoms with Crippen molar-refractivity contribution in [3.05, 3.63) is 99.1 Å². The Kier molecular flexibility index (Phi) is 7.58. The lowest BCUT2D eigenvalue weighted by atomic mass is 10.1. The van der Waals surface area contributed by atoms with Crippen LogP contribution in [-0.4, -0.2) is 73.0 Å². The van der Waals surface area contributed by atoms with Gasteiger partial charge in [-0.1, -0.05) is 41.9 Å². The minimum absolute atomic E-state index is 0.00548. The van der Waals surface area contributed by atoms with Crippen LogP contribution >= 0.6 is 11.6 Å². The molecule has 0 aliphatic carbocycles. The zero-order valence-electron chi connectivity index (χ0n) is 20.6. The summed E-state index contributed by atoms with van der Waals surface area (Å²) in [7, 11) is 0. The zero-order chi connectivity index (χ0) is 25.8. The quantitative estimate of drug-likeness (QED) is 0.352. The standard InChI is InChI=1S/C28H30ClN5O3/c29-24-8-6-23(7-9-24)28(35)33-18-16-31(17-19-33)25-10-11-26(34(36)37)27(20-25)32-14-12-30(13-15-32)21-22-4-2-1-3-5-22/h1-11,20H,12-19,21H2. The van der Waals surface area contributed by atoms with Gasteiger partial charge in [-0.05, 0) is 42.0 Å². The first-order valence-electron chi connectivity index (χ1n) is 12.6. The van der Waals surface area contributed by atoms with Crippen molar-refractivity contribution in [2.24, 2.45) is 0 Å². The van der Waals surface area contributed by atoms with Crippen LogP contribution in [0.25, 0.3) is 0 Å². The van der Waals surface area contributed by atoms with Gasteiger partial charge in [0, 0.05) is 81.2 Å². The molecule has 0 bridgehead atoms. The summed E-state index contributed by atoms with van der Waals surface area (Å²) in [6, 6.07) is 22.7. The van der Waals surface area contributed by atoms with E-state index in [0.29, 0.717) is 42.5 Å². The number of nitrogens with zero attached hydrogens (tertiary/aromatic N) is 5. The average molecular weight is 520 g/mol. The number of piperazine rings is 2. The molecule has 2 saturated heterocycles. The largest absolute Gasteiger partial charge is 0.368 e. The predicted molar refractivity (Wildman–Crippen MR) is 147 cm³/mol. The number of nitro benzene ring substituents is 1. The molecule has 0 saturated carbocycles. The molecule has 0 atom stereocenters. The molecule has 2 fully saturated rings. The predicted octanol–water partition coefficient (Wildman–Crippen LogP) is 4.53. The summed E-state index contributed by atoms with van der Waals surface area (Å²) in [6.07, 6.45) is 0. The molecule has 3 aromatic carbocycles. The highest BCUT2D eigenvalue weighted by atomic mass is 35.5. The summed E-state index contributed by atoms with van der Waals surface area (Å²) >= 11 is 5.95. The monoisotopic (exact) mass is 519 g/mol. The van der Waals surface area contributed by atoms with Gasteiger partial charge in [-0.3, -0.25) is 19.8 Å². The van der Waals surface area contributed by atoms with Crippen molar-refractivity contribution >= 4 is 34.6 Å². The maximum atomic E-state index is 12.9. The Hall–Kier alpha value is -3.62. The molecule has 2 aliphatic rings. The first-order valence-corrected chi connectivity index (χ1v) is 13.0. The van der Waals surface area contributed by atoms with Crippen molar-refractivity contribution in [3.63, 3.8) is 0 Å². The van der Waals surface area contributed by atoms with Gasteiger partial charge in [0.1, 0.15) is 5.69 Å². The lowest BCUT2D eigenvalue weighted by molar-refractivity contribution is -0.384. The van der Waals surface area contributed by atoms with Crippen LogP contribution in [0.15, 0.2) is 72.8 Å². The van der Waals surface area contributed by atoms with Gasteiger partial charge in [0.2, 0.25) is 0 Å². The fourth-order valence-corrected chi connectivity index (χ4v) is 5.17. The minimum atomic E-state index is -0.293. The molecule has 5 rings (SSSR count). The summed E-state index contributed by atoms with van der Waals surface area (Å²) in [5.41, 5.74) is 3.66. The molecule has 0 radical (unpaired) electrons. The molecule has 2 aliphatic heterocycles. The highest BCUT2D eigenvalue weighted by Crippen LogP contribution is 2.34. The van der Waals surface area contributed by atoms with Crippen LogP contribution in [0.3, 0.4) is 0 Å². The molecule has 0 unspecified atom stereocenters. The van der Waals surface area contributed by atoms with Crippen LogP contribution in [0.4, 0.5) is 17.1 Å². The number of amides is 1. The van der Waals surface area contributed by atoms with E-state index in [9.17, 15) is 14.9 Å². The fraction of sp³-hybridized carbons (Fsp3) is 0.321. The Balaban J connectivity index is 1.24. The smallest absolute Gasteiger partial charge is 0.292 e. The Morgan fingerprint density at radius 1 is 0.811 bits per heavy atom. The third-order valence-corrected chi connectivity index (χ3v) is 7.39. The van der Waals surface area contributed by atoms with Gasteiger partial charge in [-0.2, -0.15) is 0 Å². The van der Waals surface area contributed by atoms with Crippen molar-refractivity contribution in [3.8, 4) is 0 Å². The van der Waals surface area contributed by atoms with E-state index >= 15 is 0 Å². The van der Waals surface area contributed by atoms with Crippen LogP contribution in [0.1, 0.15) is 15.9 Å². The van der Waals surface area contributed by atoms with E-state index in [1.54, 1.807) is 30.3 Å². The van der Waals surface area contributed by atoms with Crippen molar-refractivity contribution in [2.45, 2.75) is 6.54 Å². The third-order valence-electron chi connectivity index (χ3n) is 7.14. The second-order valence-electron chi connectivity index (χ2n) is 9.47. The van der Waals surface area contributed by atoms with Crippen LogP contribution in [-0.2, 0) is 6.54 Å². The maximum absolute atomic E-state index is 12.9. The van der Waals surface area contributed by atoms with E-state index in [4.69, 9.17) is 11.6 Å². The lowest BCUT2D eigenvalue weighted by Gasteiger charge is -2.38. The number of nitro groups is 1. The number of halogens is 1. The van der Waals surface area contributed by atoms with Gasteiger partial charge in [0.05, 0.1) is 4.92 Å². The Morgan fingerprint density at radius 3 is 2.11 bits per heavy atom. The first-order chi connectivity index (χ1) is 18.0. The second kappa shape index (κ2) is 11.2. The summed E-state index contributed by atoms with van der Waals surface area (Å²) in [5.74, 6) is -0.00548. The maximum Gasteiger partial charge on any atom is 0.292 e. The second-order valence-corrected chi connectivity index (χ2v) is 9.90. The molecule has 0 N–H and O–H groups in total. The van der Waals surface area contributed by atoms with Gasteiger partial charge in [-0.25, -0.2) is 0 Å². The molecule has 9 heteroatoms. The van der Waals surface area contributed by atoms with Crippen molar-refractivity contribution in [1.29, 1.82) is 0 Å². The van der Waals surface area contributed by atoms with E-state index in [-0.39, 0.29) is 16.5 Å². The molecule has 3 aromatic rings. The molecular weight excluding hydrogens is 490 g/mol. The van der Waals surface area contributed by atoms with E-state index in [1.807, 2.05) is 35.2 Å². The number of rotatable bonds is 6. The highest BCUT2D eigenvalue weighted by Gasteiger charge is 2.27. The van der Waals surface area contributed by atoms with E-state index in [1.165, 1.54) is 5.56 Å². The summed E-state index contributed by atoms with van der Waals surface area (Å²) in [6.45, 7) is 6.57. The number of benzene rings is 3. The number of carbonyl (C=O) groups is 1. The van der Waals surface area contributed by atoms with Crippen LogP contribution < -0.4 is 9.80 Å². The Bertz CT molecular complexity index is 1240. The summed E-state index contributed by atoms with van der Waals surface area (Å²) in [5, 5.41) is 12.4. The molecule has 192 valence electrons. The Morgan fingerprint density at radius 2 is 1.46 bits per heavy atom. The topological polar surface area (TPSA) is 73.2 Å². The molecule has 0 aromatic heterocycles. The van der Waals surface area contributed by atoms with Crippen LogP contribution in [0.2, 0.25) is 5.02 Å². The van der Waals surface area contributed by atoms with Crippen LogP contribution in [0, 0.1) is 10.1 Å². The van der Waals surface area contributed by atoms with E-state index in [0.717, 1.165) is 38.4 Å². The number of carbonyl (C=O) groups excluding carboxylic acids is 1.